The van der Waals surface area contributed by atoms with Crippen molar-refractivity contribution in [2.24, 2.45) is 0 Å². The van der Waals surface area contributed by atoms with Crippen LogP contribution in [0.5, 0.6) is 0 Å². The average Bonchev–Trinajstić information content (AvgIpc) is 3.56. The van der Waals surface area contributed by atoms with Crippen LogP contribution >= 0.6 is 0 Å². The highest BCUT2D eigenvalue weighted by Gasteiger charge is 2.51. The second-order valence-electron chi connectivity index (χ2n) is 11.8. The smallest absolute Gasteiger partial charge is 0.0972 e. The SMILES string of the molecule is Cc1ccccc1-c1ncc(-c2ccc3c(c2)C2(c4ccccc4-c4ccccc42)c2ccccc2-3)nc1-c1ccccc1. The molecule has 7 aromatic rings. The van der Waals surface area contributed by atoms with E-state index < -0.39 is 0 Å². The Morgan fingerprint density at radius 1 is 0.432 bits per heavy atom. The third-order valence-electron chi connectivity index (χ3n) is 9.51. The predicted octanol–water partition coefficient (Wildman–Crippen LogP) is 10.1. The summed E-state index contributed by atoms with van der Waals surface area (Å²) in [6, 6.07) is 52.5. The Kier molecular flexibility index (Phi) is 5.36. The summed E-state index contributed by atoms with van der Waals surface area (Å²) in [6.07, 6.45) is 1.95. The summed E-state index contributed by atoms with van der Waals surface area (Å²) < 4.78 is 0. The number of fused-ring (bicyclic) bond motifs is 10. The van der Waals surface area contributed by atoms with Crippen molar-refractivity contribution >= 4 is 0 Å². The second-order valence-corrected chi connectivity index (χ2v) is 11.8. The van der Waals surface area contributed by atoms with Crippen LogP contribution in [0.15, 0.2) is 152 Å². The van der Waals surface area contributed by atoms with Crippen LogP contribution in [0, 0.1) is 6.92 Å². The van der Waals surface area contributed by atoms with E-state index in [-0.39, 0.29) is 5.41 Å². The summed E-state index contributed by atoms with van der Waals surface area (Å²) >= 11 is 0. The first kappa shape index (κ1) is 24.9. The lowest BCUT2D eigenvalue weighted by molar-refractivity contribution is 0.794. The monoisotopic (exact) mass is 560 g/mol. The summed E-state index contributed by atoms with van der Waals surface area (Å²) in [5.74, 6) is 0. The molecule has 0 unspecified atom stereocenters. The summed E-state index contributed by atoms with van der Waals surface area (Å²) in [5, 5.41) is 0. The van der Waals surface area contributed by atoms with Gasteiger partial charge in [-0.3, -0.25) is 4.98 Å². The van der Waals surface area contributed by atoms with Crippen molar-refractivity contribution in [2.45, 2.75) is 12.3 Å². The molecule has 1 aromatic heterocycles. The fourth-order valence-electron chi connectivity index (χ4n) is 7.62. The molecule has 0 N–H and O–H groups in total. The van der Waals surface area contributed by atoms with Crippen molar-refractivity contribution in [3.05, 3.63) is 180 Å². The van der Waals surface area contributed by atoms with Gasteiger partial charge in [-0.1, -0.05) is 140 Å². The Bertz CT molecular complexity index is 2180. The highest BCUT2D eigenvalue weighted by Crippen LogP contribution is 2.62. The third-order valence-corrected chi connectivity index (χ3v) is 9.51. The van der Waals surface area contributed by atoms with Crippen molar-refractivity contribution in [1.82, 2.24) is 9.97 Å². The van der Waals surface area contributed by atoms with Gasteiger partial charge in [0.15, 0.2) is 0 Å². The quantitative estimate of drug-likeness (QED) is 0.215. The standard InChI is InChI=1S/C42H28N2/c1-27-13-5-6-16-30(27)41-40(28-14-3-2-4-15-28)44-39(26-43-41)29-23-24-34-33-19-9-12-22-37(33)42(38(34)25-29)35-20-10-7-17-31(35)32-18-8-11-21-36(32)42/h2-26H,1H3. The minimum Gasteiger partial charge on any atom is -0.252 e. The van der Waals surface area contributed by atoms with Gasteiger partial charge in [0.1, 0.15) is 0 Å². The van der Waals surface area contributed by atoms with E-state index in [4.69, 9.17) is 9.97 Å². The molecule has 0 aliphatic heterocycles. The molecular weight excluding hydrogens is 532 g/mol. The van der Waals surface area contributed by atoms with E-state index in [1.807, 2.05) is 12.3 Å². The molecule has 0 amide bonds. The largest absolute Gasteiger partial charge is 0.252 e. The first-order chi connectivity index (χ1) is 21.7. The van der Waals surface area contributed by atoms with Crippen LogP contribution in [-0.2, 0) is 5.41 Å². The Morgan fingerprint density at radius 2 is 0.955 bits per heavy atom. The summed E-state index contributed by atoms with van der Waals surface area (Å²) in [6.45, 7) is 2.13. The van der Waals surface area contributed by atoms with Crippen LogP contribution in [0.2, 0.25) is 0 Å². The van der Waals surface area contributed by atoms with E-state index in [0.717, 1.165) is 33.8 Å². The van der Waals surface area contributed by atoms with Gasteiger partial charge in [0.2, 0.25) is 0 Å². The molecule has 9 rings (SSSR count). The molecule has 2 aliphatic rings. The van der Waals surface area contributed by atoms with Gasteiger partial charge in [0.25, 0.3) is 0 Å². The Hall–Kier alpha value is -5.60. The summed E-state index contributed by atoms with van der Waals surface area (Å²) in [7, 11) is 0. The number of aryl methyl sites for hydroxylation is 1. The van der Waals surface area contributed by atoms with Gasteiger partial charge in [-0.05, 0) is 63.1 Å². The number of hydrogen-bond acceptors (Lipinski definition) is 2. The van der Waals surface area contributed by atoms with Crippen molar-refractivity contribution < 1.29 is 0 Å². The molecule has 2 nitrogen and oxygen atoms in total. The minimum absolute atomic E-state index is 0.383. The molecular formula is C42H28N2. The van der Waals surface area contributed by atoms with Gasteiger partial charge < -0.3 is 0 Å². The molecule has 0 atom stereocenters. The third kappa shape index (κ3) is 3.37. The lowest BCUT2D eigenvalue weighted by Crippen LogP contribution is -2.25. The molecule has 1 heterocycles. The fourth-order valence-corrected chi connectivity index (χ4v) is 7.62. The average molecular weight is 561 g/mol. The van der Waals surface area contributed by atoms with E-state index in [9.17, 15) is 0 Å². The van der Waals surface area contributed by atoms with E-state index in [1.165, 1.54) is 50.1 Å². The Balaban J connectivity index is 1.30. The molecule has 1 spiro atoms. The van der Waals surface area contributed by atoms with Crippen LogP contribution in [0.4, 0.5) is 0 Å². The van der Waals surface area contributed by atoms with Crippen LogP contribution < -0.4 is 0 Å². The highest BCUT2D eigenvalue weighted by molar-refractivity contribution is 5.96. The maximum absolute atomic E-state index is 5.35. The molecule has 2 aliphatic carbocycles. The van der Waals surface area contributed by atoms with Crippen molar-refractivity contribution in [1.29, 1.82) is 0 Å². The van der Waals surface area contributed by atoms with Crippen LogP contribution in [0.25, 0.3) is 56.0 Å². The van der Waals surface area contributed by atoms with Gasteiger partial charge in [-0.25, -0.2) is 4.98 Å². The molecule has 6 aromatic carbocycles. The van der Waals surface area contributed by atoms with Crippen molar-refractivity contribution in [2.75, 3.05) is 0 Å². The van der Waals surface area contributed by atoms with Gasteiger partial charge in [-0.15, -0.1) is 0 Å². The first-order valence-electron chi connectivity index (χ1n) is 15.2. The summed E-state index contributed by atoms with van der Waals surface area (Å²) in [4.78, 5) is 10.4. The molecule has 44 heavy (non-hydrogen) atoms. The number of nitrogens with zero attached hydrogens (tertiary/aromatic N) is 2. The normalized spacial score (nSPS) is 13.3. The lowest BCUT2D eigenvalue weighted by Gasteiger charge is -2.30. The van der Waals surface area contributed by atoms with Crippen LogP contribution in [0.1, 0.15) is 27.8 Å². The number of aromatic nitrogens is 2. The van der Waals surface area contributed by atoms with E-state index in [0.29, 0.717) is 0 Å². The minimum atomic E-state index is -0.383. The van der Waals surface area contributed by atoms with Gasteiger partial charge in [-0.2, -0.15) is 0 Å². The molecule has 206 valence electrons. The Morgan fingerprint density at radius 3 is 1.57 bits per heavy atom. The van der Waals surface area contributed by atoms with Crippen molar-refractivity contribution in [3.8, 4) is 56.0 Å². The number of rotatable bonds is 3. The molecule has 0 saturated carbocycles. The molecule has 0 saturated heterocycles. The highest BCUT2D eigenvalue weighted by atomic mass is 14.8. The lowest BCUT2D eigenvalue weighted by atomic mass is 9.70. The maximum atomic E-state index is 5.35. The van der Waals surface area contributed by atoms with Gasteiger partial charge >= 0.3 is 0 Å². The van der Waals surface area contributed by atoms with Crippen LogP contribution in [-0.4, -0.2) is 9.97 Å². The zero-order valence-corrected chi connectivity index (χ0v) is 24.3. The second kappa shape index (κ2) is 9.45. The molecule has 0 bridgehead atoms. The van der Waals surface area contributed by atoms with Gasteiger partial charge in [0, 0.05) is 16.7 Å². The maximum Gasteiger partial charge on any atom is 0.0972 e. The zero-order valence-electron chi connectivity index (χ0n) is 24.3. The van der Waals surface area contributed by atoms with Crippen LogP contribution in [0.3, 0.4) is 0 Å². The molecule has 0 radical (unpaired) electrons. The Labute approximate surface area is 257 Å². The predicted molar refractivity (Wildman–Crippen MR) is 179 cm³/mol. The van der Waals surface area contributed by atoms with Crippen molar-refractivity contribution in [3.63, 3.8) is 0 Å². The fraction of sp³-hybridized carbons (Fsp3) is 0.0476. The number of hydrogen-bond donors (Lipinski definition) is 0. The van der Waals surface area contributed by atoms with E-state index in [1.54, 1.807) is 0 Å². The molecule has 2 heteroatoms. The van der Waals surface area contributed by atoms with Gasteiger partial charge in [0.05, 0.1) is 28.7 Å². The number of benzene rings is 6. The summed E-state index contributed by atoms with van der Waals surface area (Å²) in [5.41, 5.74) is 17.2. The zero-order chi connectivity index (χ0) is 29.3. The first-order valence-corrected chi connectivity index (χ1v) is 15.2. The van der Waals surface area contributed by atoms with E-state index >= 15 is 0 Å². The van der Waals surface area contributed by atoms with E-state index in [2.05, 4.69) is 146 Å². The topological polar surface area (TPSA) is 25.8 Å². The molecule has 0 fully saturated rings.